The van der Waals surface area contributed by atoms with Crippen LogP contribution >= 0.6 is 15.9 Å². The van der Waals surface area contributed by atoms with Gasteiger partial charge in [0.25, 0.3) is 0 Å². The van der Waals surface area contributed by atoms with Gasteiger partial charge in [-0.25, -0.2) is 0 Å². The Morgan fingerprint density at radius 3 is 2.80 bits per heavy atom. The predicted octanol–water partition coefficient (Wildman–Crippen LogP) is 3.41. The molecule has 0 aliphatic heterocycles. The smallest absolute Gasteiger partial charge is 0.306 e. The quantitative estimate of drug-likeness (QED) is 0.911. The van der Waals surface area contributed by atoms with Crippen molar-refractivity contribution in [2.24, 2.45) is 5.92 Å². The molecule has 1 unspecified atom stereocenters. The molecule has 0 aliphatic rings. The first-order chi connectivity index (χ1) is 7.00. The monoisotopic (exact) mass is 270 g/mol. The van der Waals surface area contributed by atoms with Crippen LogP contribution in [0.15, 0.2) is 22.7 Å². The van der Waals surface area contributed by atoms with Gasteiger partial charge in [0.2, 0.25) is 0 Å². The topological polar surface area (TPSA) is 37.3 Å². The average Bonchev–Trinajstić information content (AvgIpc) is 2.18. The van der Waals surface area contributed by atoms with Crippen LogP contribution in [0.2, 0.25) is 0 Å². The van der Waals surface area contributed by atoms with Crippen LogP contribution in [0.25, 0.3) is 0 Å². The molecular formula is C12H15BrO2. The van der Waals surface area contributed by atoms with Crippen molar-refractivity contribution in [1.82, 2.24) is 0 Å². The summed E-state index contributed by atoms with van der Waals surface area (Å²) in [4.78, 5) is 10.7. The van der Waals surface area contributed by atoms with Gasteiger partial charge < -0.3 is 5.11 Å². The zero-order valence-corrected chi connectivity index (χ0v) is 10.5. The van der Waals surface area contributed by atoms with Crippen LogP contribution < -0.4 is 0 Å². The first-order valence-electron chi connectivity index (χ1n) is 4.98. The van der Waals surface area contributed by atoms with Crippen molar-refractivity contribution in [3.63, 3.8) is 0 Å². The van der Waals surface area contributed by atoms with Gasteiger partial charge >= 0.3 is 5.97 Å². The second-order valence-corrected chi connectivity index (χ2v) is 4.73. The predicted molar refractivity (Wildman–Crippen MR) is 64.0 cm³/mol. The minimum Gasteiger partial charge on any atom is -0.481 e. The fourth-order valence-electron chi connectivity index (χ4n) is 1.39. The molecule has 0 aliphatic carbocycles. The molecule has 0 aromatic heterocycles. The molecule has 1 N–H and O–H groups in total. The summed E-state index contributed by atoms with van der Waals surface area (Å²) in [5.74, 6) is -1.00. The fraction of sp³-hybridized carbons (Fsp3) is 0.417. The van der Waals surface area contributed by atoms with E-state index in [-0.39, 0.29) is 5.92 Å². The van der Waals surface area contributed by atoms with Gasteiger partial charge in [-0.2, -0.15) is 0 Å². The number of aryl methyl sites for hydroxylation is 2. The first-order valence-corrected chi connectivity index (χ1v) is 5.78. The van der Waals surface area contributed by atoms with Crippen molar-refractivity contribution in [2.75, 3.05) is 0 Å². The molecule has 15 heavy (non-hydrogen) atoms. The highest BCUT2D eigenvalue weighted by atomic mass is 79.9. The van der Waals surface area contributed by atoms with E-state index < -0.39 is 5.97 Å². The van der Waals surface area contributed by atoms with Crippen molar-refractivity contribution >= 4 is 21.9 Å². The highest BCUT2D eigenvalue weighted by Crippen LogP contribution is 2.21. The number of carboxylic acids is 1. The number of hydrogen-bond donors (Lipinski definition) is 1. The molecule has 0 heterocycles. The van der Waals surface area contributed by atoms with Gasteiger partial charge in [0, 0.05) is 4.47 Å². The lowest BCUT2D eigenvalue weighted by molar-refractivity contribution is -0.141. The normalized spacial score (nSPS) is 12.5. The Morgan fingerprint density at radius 1 is 1.53 bits per heavy atom. The highest BCUT2D eigenvalue weighted by molar-refractivity contribution is 9.10. The molecule has 0 saturated carbocycles. The molecule has 0 spiro atoms. The maximum atomic E-state index is 10.7. The van der Waals surface area contributed by atoms with E-state index in [1.54, 1.807) is 6.92 Å². The summed E-state index contributed by atoms with van der Waals surface area (Å²) < 4.78 is 1.06. The van der Waals surface area contributed by atoms with E-state index in [1.807, 2.05) is 19.1 Å². The fourth-order valence-corrected chi connectivity index (χ4v) is 1.84. The van der Waals surface area contributed by atoms with Crippen molar-refractivity contribution in [2.45, 2.75) is 26.7 Å². The molecular weight excluding hydrogens is 256 g/mol. The van der Waals surface area contributed by atoms with Crippen LogP contribution in [0, 0.1) is 12.8 Å². The third-order valence-electron chi connectivity index (χ3n) is 2.47. The molecule has 1 aromatic rings. The van der Waals surface area contributed by atoms with E-state index >= 15 is 0 Å². The molecule has 1 aromatic carbocycles. The summed E-state index contributed by atoms with van der Waals surface area (Å²) >= 11 is 3.47. The minimum absolute atomic E-state index is 0.280. The Morgan fingerprint density at radius 2 is 2.20 bits per heavy atom. The number of hydrogen-bond acceptors (Lipinski definition) is 1. The van der Waals surface area contributed by atoms with Crippen molar-refractivity contribution < 1.29 is 9.90 Å². The molecule has 0 amide bonds. The lowest BCUT2D eigenvalue weighted by Crippen LogP contribution is -2.10. The van der Waals surface area contributed by atoms with Crippen molar-refractivity contribution in [3.05, 3.63) is 33.8 Å². The van der Waals surface area contributed by atoms with Gasteiger partial charge in [-0.3, -0.25) is 4.79 Å². The summed E-state index contributed by atoms with van der Waals surface area (Å²) in [6.45, 7) is 3.78. The lowest BCUT2D eigenvalue weighted by atomic mass is 10.0. The number of benzene rings is 1. The van der Waals surface area contributed by atoms with Crippen LogP contribution in [-0.2, 0) is 11.2 Å². The van der Waals surface area contributed by atoms with Crippen LogP contribution in [0.4, 0.5) is 0 Å². The maximum absolute atomic E-state index is 10.7. The van der Waals surface area contributed by atoms with Gasteiger partial charge in [-0.05, 0) is 31.4 Å². The summed E-state index contributed by atoms with van der Waals surface area (Å²) in [5.41, 5.74) is 2.39. The third-order valence-corrected chi connectivity index (χ3v) is 3.24. The van der Waals surface area contributed by atoms with Crippen molar-refractivity contribution in [1.29, 1.82) is 0 Å². The van der Waals surface area contributed by atoms with Gasteiger partial charge in [-0.1, -0.05) is 40.5 Å². The molecule has 2 nitrogen and oxygen atoms in total. The van der Waals surface area contributed by atoms with Gasteiger partial charge in [0.15, 0.2) is 0 Å². The summed E-state index contributed by atoms with van der Waals surface area (Å²) in [5, 5.41) is 8.77. The Kier molecular flexibility index (Phi) is 4.33. The van der Waals surface area contributed by atoms with E-state index in [2.05, 4.69) is 22.0 Å². The third kappa shape index (κ3) is 3.67. The zero-order valence-electron chi connectivity index (χ0n) is 8.96. The minimum atomic E-state index is -0.723. The second kappa shape index (κ2) is 5.31. The molecule has 1 rings (SSSR count). The highest BCUT2D eigenvalue weighted by Gasteiger charge is 2.11. The number of rotatable bonds is 4. The Labute approximate surface area is 98.4 Å². The van der Waals surface area contributed by atoms with Crippen LogP contribution in [0.5, 0.6) is 0 Å². The molecule has 0 bridgehead atoms. The van der Waals surface area contributed by atoms with Crippen LogP contribution in [0.3, 0.4) is 0 Å². The van der Waals surface area contributed by atoms with E-state index in [0.717, 1.165) is 10.9 Å². The van der Waals surface area contributed by atoms with Crippen LogP contribution in [0.1, 0.15) is 24.5 Å². The number of halogens is 1. The SMILES string of the molecule is Cc1ccc(Br)c(CCC(C)C(=O)O)c1. The van der Waals surface area contributed by atoms with E-state index in [0.29, 0.717) is 6.42 Å². The zero-order chi connectivity index (χ0) is 11.4. The molecule has 0 fully saturated rings. The summed E-state index contributed by atoms with van der Waals surface area (Å²) in [7, 11) is 0. The van der Waals surface area contributed by atoms with E-state index in [1.165, 1.54) is 11.1 Å². The molecule has 82 valence electrons. The first kappa shape index (κ1) is 12.2. The summed E-state index contributed by atoms with van der Waals surface area (Å²) in [6, 6.07) is 6.14. The molecule has 0 saturated heterocycles. The number of carbonyl (C=O) groups is 1. The maximum Gasteiger partial charge on any atom is 0.306 e. The Balaban J connectivity index is 2.65. The summed E-state index contributed by atoms with van der Waals surface area (Å²) in [6.07, 6.45) is 1.48. The van der Waals surface area contributed by atoms with E-state index in [9.17, 15) is 4.79 Å². The lowest BCUT2D eigenvalue weighted by Gasteiger charge is -2.08. The standard InChI is InChI=1S/C12H15BrO2/c1-8-3-6-11(13)10(7-8)5-4-9(2)12(14)15/h3,6-7,9H,4-5H2,1-2H3,(H,14,15). The molecule has 3 heteroatoms. The Bertz CT molecular complexity index is 361. The second-order valence-electron chi connectivity index (χ2n) is 3.87. The van der Waals surface area contributed by atoms with Crippen LogP contribution in [-0.4, -0.2) is 11.1 Å². The molecule has 0 radical (unpaired) electrons. The van der Waals surface area contributed by atoms with Gasteiger partial charge in [-0.15, -0.1) is 0 Å². The average molecular weight is 271 g/mol. The van der Waals surface area contributed by atoms with Crippen molar-refractivity contribution in [3.8, 4) is 0 Å². The Hall–Kier alpha value is -0.830. The number of aliphatic carboxylic acids is 1. The van der Waals surface area contributed by atoms with E-state index in [4.69, 9.17) is 5.11 Å². The number of carboxylic acid groups (broad SMARTS) is 1. The van der Waals surface area contributed by atoms with Gasteiger partial charge in [0.1, 0.15) is 0 Å². The largest absolute Gasteiger partial charge is 0.481 e. The van der Waals surface area contributed by atoms with Gasteiger partial charge in [0.05, 0.1) is 5.92 Å². The molecule has 1 atom stereocenters.